The van der Waals surface area contributed by atoms with Crippen LogP contribution in [0.2, 0.25) is 0 Å². The molecule has 0 spiro atoms. The molecule has 1 saturated carbocycles. The third-order valence-corrected chi connectivity index (χ3v) is 3.00. The zero-order valence-corrected chi connectivity index (χ0v) is 11.1. The normalized spacial score (nSPS) is 15.0. The topological polar surface area (TPSA) is 30.5 Å². The first kappa shape index (κ1) is 13.0. The fraction of sp³-hybridized carbons (Fsp3) is 0.467. The molecular formula is C15H21NO2. The summed E-state index contributed by atoms with van der Waals surface area (Å²) in [6.07, 6.45) is 6.57. The van der Waals surface area contributed by atoms with Gasteiger partial charge in [-0.3, -0.25) is 0 Å². The van der Waals surface area contributed by atoms with Crippen molar-refractivity contribution >= 4 is 0 Å². The van der Waals surface area contributed by atoms with Gasteiger partial charge in [-0.05, 0) is 38.0 Å². The highest BCUT2D eigenvalue weighted by Gasteiger charge is 2.20. The molecule has 0 bridgehead atoms. The van der Waals surface area contributed by atoms with Crippen LogP contribution in [0.4, 0.5) is 0 Å². The summed E-state index contributed by atoms with van der Waals surface area (Å²) in [7, 11) is 1.69. The van der Waals surface area contributed by atoms with Gasteiger partial charge in [0.2, 0.25) is 0 Å². The molecule has 0 aromatic heterocycles. The van der Waals surface area contributed by atoms with E-state index < -0.39 is 0 Å². The first-order valence-corrected chi connectivity index (χ1v) is 6.47. The number of hydrogen-bond donors (Lipinski definition) is 1. The second-order valence-corrected chi connectivity index (χ2v) is 4.51. The molecule has 0 aliphatic heterocycles. The molecule has 1 aromatic rings. The summed E-state index contributed by atoms with van der Waals surface area (Å²) in [5.41, 5.74) is 1.16. The molecule has 98 valence electrons. The van der Waals surface area contributed by atoms with Crippen molar-refractivity contribution in [1.82, 2.24) is 5.32 Å². The lowest BCUT2D eigenvalue weighted by molar-refractivity contribution is 0.355. The molecule has 1 N–H and O–H groups in total. The molecule has 0 atom stereocenters. The van der Waals surface area contributed by atoms with Gasteiger partial charge in [-0.2, -0.15) is 0 Å². The van der Waals surface area contributed by atoms with Crippen molar-refractivity contribution < 1.29 is 9.47 Å². The summed E-state index contributed by atoms with van der Waals surface area (Å²) < 4.78 is 11.0. The average Bonchev–Trinajstić information content (AvgIpc) is 3.21. The highest BCUT2D eigenvalue weighted by molar-refractivity contribution is 5.40. The summed E-state index contributed by atoms with van der Waals surface area (Å²) in [6, 6.07) is 6.65. The number of ether oxygens (including phenoxy) is 2. The van der Waals surface area contributed by atoms with Crippen molar-refractivity contribution in [3.63, 3.8) is 0 Å². The van der Waals surface area contributed by atoms with Crippen molar-refractivity contribution in [3.8, 4) is 11.5 Å². The molecule has 0 heterocycles. The molecule has 0 radical (unpaired) electrons. The van der Waals surface area contributed by atoms with Crippen LogP contribution < -0.4 is 14.8 Å². The van der Waals surface area contributed by atoms with Gasteiger partial charge < -0.3 is 14.8 Å². The molecule has 0 amide bonds. The third kappa shape index (κ3) is 3.77. The summed E-state index contributed by atoms with van der Waals surface area (Å²) in [6.45, 7) is 3.44. The van der Waals surface area contributed by atoms with Gasteiger partial charge in [0.25, 0.3) is 0 Å². The van der Waals surface area contributed by atoms with Gasteiger partial charge in [-0.25, -0.2) is 0 Å². The van der Waals surface area contributed by atoms with E-state index >= 15 is 0 Å². The van der Waals surface area contributed by atoms with Crippen LogP contribution in [0.5, 0.6) is 11.5 Å². The average molecular weight is 247 g/mol. The Balaban J connectivity index is 2.03. The van der Waals surface area contributed by atoms with Gasteiger partial charge in [-0.1, -0.05) is 12.2 Å². The van der Waals surface area contributed by atoms with Crippen molar-refractivity contribution in [2.45, 2.75) is 32.4 Å². The molecule has 0 unspecified atom stereocenters. The Labute approximate surface area is 109 Å². The Morgan fingerprint density at radius 2 is 2.22 bits per heavy atom. The van der Waals surface area contributed by atoms with E-state index in [0.29, 0.717) is 12.6 Å². The summed E-state index contributed by atoms with van der Waals surface area (Å²) >= 11 is 0. The Hall–Kier alpha value is -1.48. The number of rotatable bonds is 7. The molecule has 0 saturated heterocycles. The fourth-order valence-corrected chi connectivity index (χ4v) is 1.74. The van der Waals surface area contributed by atoms with Crippen LogP contribution in [0.25, 0.3) is 0 Å². The zero-order chi connectivity index (χ0) is 12.8. The van der Waals surface area contributed by atoms with Crippen LogP contribution in [0.3, 0.4) is 0 Å². The molecule has 1 fully saturated rings. The number of nitrogens with one attached hydrogen (secondary N) is 1. The van der Waals surface area contributed by atoms with Crippen LogP contribution >= 0.6 is 0 Å². The van der Waals surface area contributed by atoms with Crippen molar-refractivity contribution in [2.24, 2.45) is 0 Å². The third-order valence-electron chi connectivity index (χ3n) is 3.00. The quantitative estimate of drug-likeness (QED) is 0.751. The number of benzene rings is 1. The van der Waals surface area contributed by atoms with E-state index in [0.717, 1.165) is 23.6 Å². The van der Waals surface area contributed by atoms with Gasteiger partial charge in [0.15, 0.2) is 0 Å². The molecule has 1 aliphatic carbocycles. The SMILES string of the molecule is C/C=C/COc1ccc(OC)cc1CNC1CC1. The van der Waals surface area contributed by atoms with Crippen LogP contribution in [-0.2, 0) is 6.54 Å². The standard InChI is InChI=1S/C15H21NO2/c1-3-4-9-18-15-8-7-14(17-2)10-12(15)11-16-13-5-6-13/h3-4,7-8,10,13,16H,5-6,9,11H2,1-2H3/b4-3+. The maximum Gasteiger partial charge on any atom is 0.124 e. The lowest BCUT2D eigenvalue weighted by Crippen LogP contribution is -2.16. The van der Waals surface area contributed by atoms with Gasteiger partial charge >= 0.3 is 0 Å². The van der Waals surface area contributed by atoms with Gasteiger partial charge in [-0.15, -0.1) is 0 Å². The molecular weight excluding hydrogens is 226 g/mol. The highest BCUT2D eigenvalue weighted by atomic mass is 16.5. The van der Waals surface area contributed by atoms with Crippen LogP contribution in [0.15, 0.2) is 30.4 Å². The lowest BCUT2D eigenvalue weighted by atomic mass is 10.2. The molecule has 2 rings (SSSR count). The molecule has 3 nitrogen and oxygen atoms in total. The minimum absolute atomic E-state index is 0.610. The van der Waals surface area contributed by atoms with E-state index in [1.165, 1.54) is 12.8 Å². The minimum Gasteiger partial charge on any atom is -0.497 e. The second kappa shape index (κ2) is 6.45. The second-order valence-electron chi connectivity index (χ2n) is 4.51. The first-order valence-electron chi connectivity index (χ1n) is 6.47. The fourth-order valence-electron chi connectivity index (χ4n) is 1.74. The van der Waals surface area contributed by atoms with Crippen molar-refractivity contribution in [2.75, 3.05) is 13.7 Å². The summed E-state index contributed by atoms with van der Waals surface area (Å²) in [4.78, 5) is 0. The molecule has 1 aliphatic rings. The van der Waals surface area contributed by atoms with Crippen LogP contribution in [-0.4, -0.2) is 19.8 Å². The predicted molar refractivity (Wildman–Crippen MR) is 73.2 cm³/mol. The maximum absolute atomic E-state index is 5.75. The Morgan fingerprint density at radius 1 is 1.39 bits per heavy atom. The predicted octanol–water partition coefficient (Wildman–Crippen LogP) is 2.90. The number of methoxy groups -OCH3 is 1. The number of hydrogen-bond acceptors (Lipinski definition) is 3. The van der Waals surface area contributed by atoms with E-state index in [1.807, 2.05) is 37.3 Å². The summed E-state index contributed by atoms with van der Waals surface area (Å²) in [5.74, 6) is 1.81. The number of allylic oxidation sites excluding steroid dienone is 1. The van der Waals surface area contributed by atoms with Crippen LogP contribution in [0, 0.1) is 0 Å². The highest BCUT2D eigenvalue weighted by Crippen LogP contribution is 2.26. The monoisotopic (exact) mass is 247 g/mol. The van der Waals surface area contributed by atoms with E-state index in [4.69, 9.17) is 9.47 Å². The Morgan fingerprint density at radius 3 is 2.89 bits per heavy atom. The van der Waals surface area contributed by atoms with Gasteiger partial charge in [0.05, 0.1) is 7.11 Å². The molecule has 18 heavy (non-hydrogen) atoms. The van der Waals surface area contributed by atoms with Crippen molar-refractivity contribution in [1.29, 1.82) is 0 Å². The Bertz CT molecular complexity index is 411. The van der Waals surface area contributed by atoms with Gasteiger partial charge in [0.1, 0.15) is 18.1 Å². The molecule has 3 heteroatoms. The first-order chi connectivity index (χ1) is 8.83. The molecule has 1 aromatic carbocycles. The van der Waals surface area contributed by atoms with Crippen LogP contribution in [0.1, 0.15) is 25.3 Å². The minimum atomic E-state index is 0.610. The maximum atomic E-state index is 5.75. The van der Waals surface area contributed by atoms with E-state index in [2.05, 4.69) is 5.32 Å². The lowest BCUT2D eigenvalue weighted by Gasteiger charge is -2.12. The van der Waals surface area contributed by atoms with Gasteiger partial charge in [0, 0.05) is 18.2 Å². The zero-order valence-electron chi connectivity index (χ0n) is 11.1. The van der Waals surface area contributed by atoms with Crippen molar-refractivity contribution in [3.05, 3.63) is 35.9 Å². The van der Waals surface area contributed by atoms with E-state index in [1.54, 1.807) is 7.11 Å². The van der Waals surface area contributed by atoms with E-state index in [-0.39, 0.29) is 0 Å². The summed E-state index contributed by atoms with van der Waals surface area (Å²) in [5, 5.41) is 3.50. The smallest absolute Gasteiger partial charge is 0.124 e. The van der Waals surface area contributed by atoms with E-state index in [9.17, 15) is 0 Å². The largest absolute Gasteiger partial charge is 0.497 e. The Kier molecular flexibility index (Phi) is 4.65.